The molecule has 5 rings (SSSR count). The molecular formula is C27H22ClNO5. The first-order valence-electron chi connectivity index (χ1n) is 11.0. The first kappa shape index (κ1) is 22.0. The van der Waals surface area contributed by atoms with Gasteiger partial charge in [-0.25, -0.2) is 0 Å². The van der Waals surface area contributed by atoms with Gasteiger partial charge in [-0.1, -0.05) is 23.7 Å². The second-order valence-electron chi connectivity index (χ2n) is 7.93. The molecule has 1 aliphatic heterocycles. The number of halogens is 1. The molecule has 1 aliphatic rings. The highest BCUT2D eigenvalue weighted by Crippen LogP contribution is 2.34. The van der Waals surface area contributed by atoms with E-state index in [2.05, 4.69) is 0 Å². The third kappa shape index (κ3) is 4.24. The number of ether oxygens (including phenoxy) is 3. The molecule has 0 unspecified atom stereocenters. The number of benzene rings is 3. The number of hydrogen-bond acceptors (Lipinski definition) is 5. The molecule has 0 saturated heterocycles. The summed E-state index contributed by atoms with van der Waals surface area (Å²) in [5, 5.41) is 1.04. The molecule has 0 aliphatic carbocycles. The summed E-state index contributed by atoms with van der Waals surface area (Å²) in [5.74, 6) is 1.39. The maximum absolute atomic E-state index is 13.5. The summed E-state index contributed by atoms with van der Waals surface area (Å²) in [7, 11) is 0. The van der Waals surface area contributed by atoms with E-state index in [1.807, 2.05) is 35.8 Å². The van der Waals surface area contributed by atoms with Crippen molar-refractivity contribution in [2.75, 3.05) is 19.8 Å². The highest BCUT2D eigenvalue weighted by atomic mass is 35.5. The zero-order valence-electron chi connectivity index (χ0n) is 18.5. The molecule has 34 heavy (non-hydrogen) atoms. The molecule has 172 valence electrons. The van der Waals surface area contributed by atoms with Crippen LogP contribution in [0.3, 0.4) is 0 Å². The standard InChI is InChI=1S/C27H22ClNO5/c1-2-32-20-9-5-18(6-10-20)26(30)22-16-29(15-17-3-7-19(28)8-4-17)23-14-25-24(33-11-12-34-25)13-21(23)27(22)31/h3-10,13-14,16H,2,11-12,15H2,1H3. The van der Waals surface area contributed by atoms with Gasteiger partial charge in [-0.15, -0.1) is 0 Å². The van der Waals surface area contributed by atoms with Crippen LogP contribution in [-0.2, 0) is 6.54 Å². The molecule has 1 aromatic heterocycles. The van der Waals surface area contributed by atoms with Crippen LogP contribution in [0.15, 0.2) is 71.7 Å². The molecule has 0 fully saturated rings. The van der Waals surface area contributed by atoms with Crippen LogP contribution in [0, 0.1) is 0 Å². The number of nitrogens with zero attached hydrogens (tertiary/aromatic N) is 1. The van der Waals surface area contributed by atoms with Crippen LogP contribution >= 0.6 is 11.6 Å². The van der Waals surface area contributed by atoms with Gasteiger partial charge in [-0.3, -0.25) is 9.59 Å². The number of ketones is 1. The third-order valence-electron chi connectivity index (χ3n) is 5.68. The highest BCUT2D eigenvalue weighted by Gasteiger charge is 2.21. The number of hydrogen-bond donors (Lipinski definition) is 0. The average molecular weight is 476 g/mol. The van der Waals surface area contributed by atoms with Crippen LogP contribution in [0.4, 0.5) is 0 Å². The molecule has 0 saturated carbocycles. The Bertz CT molecular complexity index is 1430. The Morgan fingerprint density at radius 2 is 1.68 bits per heavy atom. The van der Waals surface area contributed by atoms with E-state index in [1.54, 1.807) is 42.6 Å². The molecular weight excluding hydrogens is 454 g/mol. The Hall–Kier alpha value is -3.77. The van der Waals surface area contributed by atoms with E-state index in [1.165, 1.54) is 0 Å². The van der Waals surface area contributed by atoms with E-state index < -0.39 is 0 Å². The second kappa shape index (κ2) is 9.23. The maximum Gasteiger partial charge on any atom is 0.200 e. The Morgan fingerprint density at radius 1 is 1.00 bits per heavy atom. The summed E-state index contributed by atoms with van der Waals surface area (Å²) in [4.78, 5) is 26.9. The van der Waals surface area contributed by atoms with Gasteiger partial charge in [-0.05, 0) is 55.0 Å². The van der Waals surface area contributed by atoms with Crippen molar-refractivity contribution >= 4 is 28.3 Å². The quantitative estimate of drug-likeness (QED) is 0.363. The van der Waals surface area contributed by atoms with E-state index in [0.717, 1.165) is 5.56 Å². The van der Waals surface area contributed by atoms with Gasteiger partial charge in [0.1, 0.15) is 19.0 Å². The fraction of sp³-hybridized carbons (Fsp3) is 0.185. The largest absolute Gasteiger partial charge is 0.494 e. The smallest absolute Gasteiger partial charge is 0.200 e. The molecule has 0 N–H and O–H groups in total. The van der Waals surface area contributed by atoms with Crippen molar-refractivity contribution in [1.82, 2.24) is 4.57 Å². The maximum atomic E-state index is 13.5. The topological polar surface area (TPSA) is 66.8 Å². The van der Waals surface area contributed by atoms with Crippen molar-refractivity contribution in [3.8, 4) is 17.2 Å². The van der Waals surface area contributed by atoms with Gasteiger partial charge in [0.2, 0.25) is 5.43 Å². The Morgan fingerprint density at radius 3 is 2.35 bits per heavy atom. The average Bonchev–Trinajstić information content (AvgIpc) is 2.86. The molecule has 0 spiro atoms. The predicted molar refractivity (Wildman–Crippen MR) is 131 cm³/mol. The lowest BCUT2D eigenvalue weighted by molar-refractivity contribution is 0.103. The zero-order chi connectivity index (χ0) is 23.7. The summed E-state index contributed by atoms with van der Waals surface area (Å²) in [6.07, 6.45) is 1.62. The van der Waals surface area contributed by atoms with Crippen molar-refractivity contribution in [2.45, 2.75) is 13.5 Å². The molecule has 6 nitrogen and oxygen atoms in total. The number of carbonyl (C=O) groups is 1. The highest BCUT2D eigenvalue weighted by molar-refractivity contribution is 6.30. The first-order chi connectivity index (χ1) is 16.5. The lowest BCUT2D eigenvalue weighted by atomic mass is 10.0. The monoisotopic (exact) mass is 475 g/mol. The van der Waals surface area contributed by atoms with Crippen LogP contribution in [0.5, 0.6) is 17.2 Å². The summed E-state index contributed by atoms with van der Waals surface area (Å²) in [6.45, 7) is 3.71. The summed E-state index contributed by atoms with van der Waals surface area (Å²) in [6, 6.07) is 17.7. The summed E-state index contributed by atoms with van der Waals surface area (Å²) >= 11 is 6.04. The minimum Gasteiger partial charge on any atom is -0.494 e. The van der Waals surface area contributed by atoms with Gasteiger partial charge in [0.05, 0.1) is 23.1 Å². The number of fused-ring (bicyclic) bond motifs is 2. The van der Waals surface area contributed by atoms with Crippen LogP contribution in [0.25, 0.3) is 10.9 Å². The molecule has 7 heteroatoms. The van der Waals surface area contributed by atoms with Gasteiger partial charge in [0.25, 0.3) is 0 Å². The van der Waals surface area contributed by atoms with E-state index in [0.29, 0.717) is 65.1 Å². The molecule has 2 heterocycles. The van der Waals surface area contributed by atoms with Crippen molar-refractivity contribution in [3.05, 3.63) is 98.8 Å². The fourth-order valence-corrected chi connectivity index (χ4v) is 4.16. The van der Waals surface area contributed by atoms with E-state index in [4.69, 9.17) is 25.8 Å². The fourth-order valence-electron chi connectivity index (χ4n) is 4.03. The predicted octanol–water partition coefficient (Wildman–Crippen LogP) is 5.10. The number of carbonyl (C=O) groups excluding carboxylic acids is 1. The van der Waals surface area contributed by atoms with Crippen LogP contribution in [0.2, 0.25) is 5.02 Å². The third-order valence-corrected chi connectivity index (χ3v) is 5.93. The SMILES string of the molecule is CCOc1ccc(C(=O)c2cn(Cc3ccc(Cl)cc3)c3cc4c(cc3c2=O)OCCO4)cc1. The molecule has 0 amide bonds. The summed E-state index contributed by atoms with van der Waals surface area (Å²) < 4.78 is 18.8. The number of aromatic nitrogens is 1. The second-order valence-corrected chi connectivity index (χ2v) is 8.36. The van der Waals surface area contributed by atoms with Gasteiger partial charge < -0.3 is 18.8 Å². The van der Waals surface area contributed by atoms with Crippen LogP contribution < -0.4 is 19.6 Å². The molecule has 4 aromatic rings. The van der Waals surface area contributed by atoms with E-state index >= 15 is 0 Å². The van der Waals surface area contributed by atoms with Crippen molar-refractivity contribution < 1.29 is 19.0 Å². The van der Waals surface area contributed by atoms with Gasteiger partial charge >= 0.3 is 0 Å². The lowest BCUT2D eigenvalue weighted by Crippen LogP contribution is -2.21. The van der Waals surface area contributed by atoms with Gasteiger partial charge in [0, 0.05) is 29.4 Å². The minimum absolute atomic E-state index is 0.0855. The van der Waals surface area contributed by atoms with E-state index in [-0.39, 0.29) is 16.8 Å². The van der Waals surface area contributed by atoms with Crippen LogP contribution in [0.1, 0.15) is 28.4 Å². The molecule has 3 aromatic carbocycles. The van der Waals surface area contributed by atoms with Crippen molar-refractivity contribution in [3.63, 3.8) is 0 Å². The normalized spacial score (nSPS) is 12.5. The molecule has 0 radical (unpaired) electrons. The Kier molecular flexibility index (Phi) is 5.99. The van der Waals surface area contributed by atoms with Crippen molar-refractivity contribution in [2.24, 2.45) is 0 Å². The molecule has 0 bridgehead atoms. The van der Waals surface area contributed by atoms with Gasteiger partial charge in [0.15, 0.2) is 17.3 Å². The Balaban J connectivity index is 1.65. The number of pyridine rings is 1. The molecule has 0 atom stereocenters. The number of rotatable bonds is 6. The van der Waals surface area contributed by atoms with Gasteiger partial charge in [-0.2, -0.15) is 0 Å². The van der Waals surface area contributed by atoms with E-state index in [9.17, 15) is 9.59 Å². The first-order valence-corrected chi connectivity index (χ1v) is 11.4. The zero-order valence-corrected chi connectivity index (χ0v) is 19.3. The summed E-state index contributed by atoms with van der Waals surface area (Å²) in [5.41, 5.74) is 1.78. The van der Waals surface area contributed by atoms with Crippen LogP contribution in [-0.4, -0.2) is 30.2 Å². The minimum atomic E-state index is -0.352. The van der Waals surface area contributed by atoms with Crippen molar-refractivity contribution in [1.29, 1.82) is 0 Å². The Labute approximate surface area is 201 Å². The lowest BCUT2D eigenvalue weighted by Gasteiger charge is -2.21.